The summed E-state index contributed by atoms with van der Waals surface area (Å²) in [6, 6.07) is 4.83. The molecule has 0 fully saturated rings. The number of carboxylic acids is 1. The molecular formula is C13H17N3O5. The molecule has 8 heteroatoms. The summed E-state index contributed by atoms with van der Waals surface area (Å²) in [5.41, 5.74) is 1.53. The normalized spacial score (nSPS) is 10.0. The Kier molecular flexibility index (Phi) is 6.28. The molecule has 0 aliphatic carbocycles. The molecule has 0 aromatic carbocycles. The van der Waals surface area contributed by atoms with Gasteiger partial charge in [-0.3, -0.25) is 15.1 Å². The molecule has 2 N–H and O–H groups in total. The Balaban J connectivity index is 2.40. The number of carboxylic acid groups (broad SMARTS) is 1. The van der Waals surface area contributed by atoms with Gasteiger partial charge in [0.2, 0.25) is 0 Å². The molecule has 0 radical (unpaired) electrons. The summed E-state index contributed by atoms with van der Waals surface area (Å²) in [5, 5.41) is 10.4. The zero-order valence-corrected chi connectivity index (χ0v) is 11.8. The number of hydrogen-bond acceptors (Lipinski definition) is 5. The van der Waals surface area contributed by atoms with Gasteiger partial charge in [0.25, 0.3) is 5.91 Å². The van der Waals surface area contributed by atoms with E-state index in [1.165, 1.54) is 11.9 Å². The second-order valence-corrected chi connectivity index (χ2v) is 4.37. The molecule has 0 spiro atoms. The topological polar surface area (TPSA) is 109 Å². The number of ether oxygens (including phenoxy) is 1. The van der Waals surface area contributed by atoms with Crippen molar-refractivity contribution in [3.63, 3.8) is 0 Å². The summed E-state index contributed by atoms with van der Waals surface area (Å²) in [4.78, 5) is 38.8. The summed E-state index contributed by atoms with van der Waals surface area (Å²) >= 11 is 0. The number of urea groups is 1. The maximum Gasteiger partial charge on any atom is 0.329 e. The van der Waals surface area contributed by atoms with Gasteiger partial charge in [0, 0.05) is 12.7 Å². The van der Waals surface area contributed by atoms with Crippen LogP contribution in [0, 0.1) is 6.92 Å². The van der Waals surface area contributed by atoms with E-state index in [1.54, 1.807) is 6.07 Å². The molecular weight excluding hydrogens is 278 g/mol. The van der Waals surface area contributed by atoms with Crippen molar-refractivity contribution in [2.45, 2.75) is 13.5 Å². The van der Waals surface area contributed by atoms with E-state index < -0.39 is 31.1 Å². The van der Waals surface area contributed by atoms with E-state index in [0.29, 0.717) is 5.69 Å². The first-order valence-corrected chi connectivity index (χ1v) is 6.15. The van der Waals surface area contributed by atoms with Gasteiger partial charge in [-0.1, -0.05) is 6.07 Å². The minimum Gasteiger partial charge on any atom is -0.480 e. The number of pyridine rings is 1. The number of aryl methyl sites for hydroxylation is 1. The van der Waals surface area contributed by atoms with Gasteiger partial charge in [0.15, 0.2) is 0 Å². The Hall–Kier alpha value is -2.48. The Labute approximate surface area is 121 Å². The van der Waals surface area contributed by atoms with E-state index in [4.69, 9.17) is 5.11 Å². The van der Waals surface area contributed by atoms with Crippen LogP contribution in [0.25, 0.3) is 0 Å². The molecule has 0 unspecified atom stereocenters. The average molecular weight is 295 g/mol. The molecule has 0 saturated carbocycles. The summed E-state index contributed by atoms with van der Waals surface area (Å²) in [6.07, 6.45) is 0. The van der Waals surface area contributed by atoms with Gasteiger partial charge in [0.05, 0.1) is 12.2 Å². The van der Waals surface area contributed by atoms with Crippen LogP contribution in [-0.4, -0.2) is 53.2 Å². The van der Waals surface area contributed by atoms with Crippen molar-refractivity contribution in [3.05, 3.63) is 29.6 Å². The second-order valence-electron chi connectivity index (χ2n) is 4.37. The van der Waals surface area contributed by atoms with E-state index >= 15 is 0 Å². The van der Waals surface area contributed by atoms with Crippen LogP contribution in [0.5, 0.6) is 0 Å². The Morgan fingerprint density at radius 2 is 2.05 bits per heavy atom. The summed E-state index contributed by atoms with van der Waals surface area (Å²) in [5.74, 6) is -1.89. The lowest BCUT2D eigenvalue weighted by atomic mass is 10.3. The van der Waals surface area contributed by atoms with Gasteiger partial charge in [-0.15, -0.1) is 0 Å². The molecule has 0 aliphatic rings. The molecule has 0 bridgehead atoms. The summed E-state index contributed by atoms with van der Waals surface area (Å²) < 4.78 is 4.58. The molecule has 1 aromatic heterocycles. The standard InChI is InChI=1S/C13H17N3O5/c1-9-4-3-5-10(14-9)6-16(2)13(20)15-11(17)7-21-8-12(18)19/h3-5H,6-8H2,1-2H3,(H,18,19)(H,15,17,20). The van der Waals surface area contributed by atoms with Crippen molar-refractivity contribution in [1.82, 2.24) is 15.2 Å². The van der Waals surface area contributed by atoms with Crippen LogP contribution in [0.4, 0.5) is 4.79 Å². The number of carbonyl (C=O) groups is 3. The van der Waals surface area contributed by atoms with Gasteiger partial charge >= 0.3 is 12.0 Å². The average Bonchev–Trinajstić information content (AvgIpc) is 2.38. The largest absolute Gasteiger partial charge is 0.480 e. The number of rotatable bonds is 6. The molecule has 3 amide bonds. The van der Waals surface area contributed by atoms with Crippen molar-refractivity contribution in [3.8, 4) is 0 Å². The number of nitrogens with one attached hydrogen (secondary N) is 1. The fraction of sp³-hybridized carbons (Fsp3) is 0.385. The van der Waals surface area contributed by atoms with Gasteiger partial charge in [-0.2, -0.15) is 0 Å². The minimum absolute atomic E-state index is 0.247. The van der Waals surface area contributed by atoms with Crippen molar-refractivity contribution in [1.29, 1.82) is 0 Å². The highest BCUT2D eigenvalue weighted by atomic mass is 16.5. The zero-order chi connectivity index (χ0) is 15.8. The number of hydrogen-bond donors (Lipinski definition) is 2. The smallest absolute Gasteiger partial charge is 0.329 e. The molecule has 0 saturated heterocycles. The maximum absolute atomic E-state index is 11.7. The quantitative estimate of drug-likeness (QED) is 0.773. The van der Waals surface area contributed by atoms with Crippen LogP contribution in [0.2, 0.25) is 0 Å². The predicted octanol–water partition coefficient (Wildman–Crippen LogP) is 0.159. The van der Waals surface area contributed by atoms with Crippen molar-refractivity contribution in [2.75, 3.05) is 20.3 Å². The number of aromatic nitrogens is 1. The van der Waals surface area contributed by atoms with Gasteiger partial charge in [0.1, 0.15) is 13.2 Å². The second kappa shape index (κ2) is 7.95. The van der Waals surface area contributed by atoms with Crippen LogP contribution in [-0.2, 0) is 20.9 Å². The predicted molar refractivity (Wildman–Crippen MR) is 72.4 cm³/mol. The molecule has 0 atom stereocenters. The van der Waals surface area contributed by atoms with Gasteiger partial charge < -0.3 is 14.7 Å². The summed E-state index contributed by atoms with van der Waals surface area (Å²) in [6.45, 7) is 1.00. The highest BCUT2D eigenvalue weighted by Gasteiger charge is 2.13. The van der Waals surface area contributed by atoms with E-state index in [9.17, 15) is 14.4 Å². The van der Waals surface area contributed by atoms with Crippen molar-refractivity contribution in [2.24, 2.45) is 0 Å². The fourth-order valence-electron chi connectivity index (χ4n) is 1.48. The maximum atomic E-state index is 11.7. The third kappa shape index (κ3) is 6.48. The highest BCUT2D eigenvalue weighted by Crippen LogP contribution is 2.01. The van der Waals surface area contributed by atoms with Crippen LogP contribution in [0.1, 0.15) is 11.4 Å². The van der Waals surface area contributed by atoms with Crippen LogP contribution < -0.4 is 5.32 Å². The number of aliphatic carboxylic acids is 1. The molecule has 1 aromatic rings. The van der Waals surface area contributed by atoms with E-state index in [1.807, 2.05) is 19.1 Å². The zero-order valence-electron chi connectivity index (χ0n) is 11.8. The fourth-order valence-corrected chi connectivity index (χ4v) is 1.48. The third-order valence-electron chi connectivity index (χ3n) is 2.40. The molecule has 1 heterocycles. The minimum atomic E-state index is -1.18. The van der Waals surface area contributed by atoms with Crippen LogP contribution in [0.3, 0.4) is 0 Å². The monoisotopic (exact) mass is 295 g/mol. The molecule has 114 valence electrons. The Bertz CT molecular complexity index is 532. The first-order chi connectivity index (χ1) is 9.88. The van der Waals surface area contributed by atoms with E-state index in [-0.39, 0.29) is 6.54 Å². The lowest BCUT2D eigenvalue weighted by Gasteiger charge is -2.17. The molecule has 21 heavy (non-hydrogen) atoms. The molecule has 1 rings (SSSR count). The van der Waals surface area contributed by atoms with Crippen LogP contribution in [0.15, 0.2) is 18.2 Å². The SMILES string of the molecule is Cc1cccc(CN(C)C(=O)NC(=O)COCC(=O)O)n1. The highest BCUT2D eigenvalue weighted by molar-refractivity contribution is 5.94. The van der Waals surface area contributed by atoms with Crippen molar-refractivity contribution < 1.29 is 24.2 Å². The third-order valence-corrected chi connectivity index (χ3v) is 2.40. The Morgan fingerprint density at radius 3 is 2.67 bits per heavy atom. The van der Waals surface area contributed by atoms with E-state index in [2.05, 4.69) is 15.0 Å². The van der Waals surface area contributed by atoms with Crippen LogP contribution >= 0.6 is 0 Å². The number of imide groups is 1. The first-order valence-electron chi connectivity index (χ1n) is 6.15. The van der Waals surface area contributed by atoms with Gasteiger partial charge in [-0.25, -0.2) is 9.59 Å². The van der Waals surface area contributed by atoms with E-state index in [0.717, 1.165) is 5.69 Å². The Morgan fingerprint density at radius 1 is 1.33 bits per heavy atom. The lowest BCUT2D eigenvalue weighted by Crippen LogP contribution is -2.42. The number of carbonyl (C=O) groups excluding carboxylic acids is 2. The number of nitrogens with zero attached hydrogens (tertiary/aromatic N) is 2. The van der Waals surface area contributed by atoms with Gasteiger partial charge in [-0.05, 0) is 19.1 Å². The first kappa shape index (κ1) is 16.6. The number of amides is 3. The lowest BCUT2D eigenvalue weighted by molar-refractivity contribution is -0.143. The molecule has 0 aliphatic heterocycles. The summed E-state index contributed by atoms with van der Waals surface area (Å²) in [7, 11) is 1.52. The van der Waals surface area contributed by atoms with Crippen molar-refractivity contribution >= 4 is 17.9 Å². The molecule has 8 nitrogen and oxygen atoms in total.